The minimum absolute atomic E-state index is 1.04. The minimum atomic E-state index is 1.04. The Balaban J connectivity index is 2.22. The molecule has 2 heteroatoms. The monoisotopic (exact) mass is 194 g/mol. The Bertz CT molecular complexity index is 582. The third-order valence-corrected chi connectivity index (χ3v) is 2.51. The number of nitrogens with zero attached hydrogens (tertiary/aromatic N) is 1. The van der Waals surface area contributed by atoms with Crippen molar-refractivity contribution in [3.8, 4) is 11.3 Å². The zero-order valence-electron chi connectivity index (χ0n) is 8.14. The summed E-state index contributed by atoms with van der Waals surface area (Å²) in [5, 5.41) is 1.17. The van der Waals surface area contributed by atoms with Crippen molar-refractivity contribution >= 4 is 10.9 Å². The molecule has 0 aliphatic carbocycles. The van der Waals surface area contributed by atoms with E-state index in [0.717, 1.165) is 11.2 Å². The van der Waals surface area contributed by atoms with E-state index in [9.17, 15) is 0 Å². The van der Waals surface area contributed by atoms with E-state index in [1.807, 2.05) is 30.6 Å². The smallest absolute Gasteiger partial charge is 0.0702 e. The fourth-order valence-corrected chi connectivity index (χ4v) is 1.75. The van der Waals surface area contributed by atoms with E-state index >= 15 is 0 Å². The number of nitrogens with one attached hydrogen (secondary N) is 1. The van der Waals surface area contributed by atoms with Gasteiger partial charge < -0.3 is 4.98 Å². The highest BCUT2D eigenvalue weighted by molar-refractivity contribution is 5.83. The predicted octanol–water partition coefficient (Wildman–Crippen LogP) is 3.23. The van der Waals surface area contributed by atoms with Gasteiger partial charge in [0.25, 0.3) is 0 Å². The fourth-order valence-electron chi connectivity index (χ4n) is 1.75. The molecule has 1 N–H and O–H groups in total. The van der Waals surface area contributed by atoms with Crippen molar-refractivity contribution in [2.45, 2.75) is 0 Å². The van der Waals surface area contributed by atoms with Crippen molar-refractivity contribution in [2.24, 2.45) is 0 Å². The van der Waals surface area contributed by atoms with Gasteiger partial charge in [0, 0.05) is 23.5 Å². The molecule has 0 unspecified atom stereocenters. The molecule has 0 radical (unpaired) electrons. The van der Waals surface area contributed by atoms with E-state index < -0.39 is 0 Å². The summed E-state index contributed by atoms with van der Waals surface area (Å²) in [5.41, 5.74) is 3.37. The molecule has 0 saturated carbocycles. The van der Waals surface area contributed by atoms with Gasteiger partial charge in [-0.1, -0.05) is 12.1 Å². The van der Waals surface area contributed by atoms with Crippen LogP contribution in [0.5, 0.6) is 0 Å². The van der Waals surface area contributed by atoms with E-state index in [4.69, 9.17) is 0 Å². The van der Waals surface area contributed by atoms with Gasteiger partial charge in [0.15, 0.2) is 0 Å². The van der Waals surface area contributed by atoms with E-state index in [1.165, 1.54) is 10.9 Å². The van der Waals surface area contributed by atoms with Crippen LogP contribution in [0, 0.1) is 0 Å². The standard InChI is InChI=1S/C13H10N2/c1-3-10-9-11(12-4-2-8-14-12)5-6-13(10)15-7-1/h1-9,14H. The van der Waals surface area contributed by atoms with Gasteiger partial charge in [0.2, 0.25) is 0 Å². The quantitative estimate of drug-likeness (QED) is 0.633. The molecule has 72 valence electrons. The minimum Gasteiger partial charge on any atom is -0.361 e. The lowest BCUT2D eigenvalue weighted by molar-refractivity contribution is 1.39. The molecular weight excluding hydrogens is 184 g/mol. The Kier molecular flexibility index (Phi) is 1.78. The van der Waals surface area contributed by atoms with E-state index in [1.54, 1.807) is 0 Å². The van der Waals surface area contributed by atoms with Gasteiger partial charge in [-0.15, -0.1) is 0 Å². The average molecular weight is 194 g/mol. The second-order valence-corrected chi connectivity index (χ2v) is 3.49. The highest BCUT2D eigenvalue weighted by Crippen LogP contribution is 2.21. The second kappa shape index (κ2) is 3.24. The molecule has 0 saturated heterocycles. The highest BCUT2D eigenvalue weighted by Gasteiger charge is 1.99. The van der Waals surface area contributed by atoms with Gasteiger partial charge in [-0.05, 0) is 35.9 Å². The largest absolute Gasteiger partial charge is 0.361 e. The van der Waals surface area contributed by atoms with Crippen LogP contribution in [-0.4, -0.2) is 9.97 Å². The van der Waals surface area contributed by atoms with Crippen molar-refractivity contribution in [3.05, 3.63) is 54.9 Å². The number of rotatable bonds is 1. The Morgan fingerprint density at radius 2 is 2.00 bits per heavy atom. The van der Waals surface area contributed by atoms with Crippen molar-refractivity contribution < 1.29 is 0 Å². The molecule has 0 bridgehead atoms. The third kappa shape index (κ3) is 1.40. The molecule has 0 amide bonds. The molecular formula is C13H10N2. The van der Waals surface area contributed by atoms with Gasteiger partial charge in [-0.2, -0.15) is 0 Å². The Morgan fingerprint density at radius 3 is 2.87 bits per heavy atom. The number of benzene rings is 1. The molecule has 1 aromatic carbocycles. The van der Waals surface area contributed by atoms with Crippen molar-refractivity contribution in [1.29, 1.82) is 0 Å². The molecule has 2 nitrogen and oxygen atoms in total. The van der Waals surface area contributed by atoms with Crippen LogP contribution >= 0.6 is 0 Å². The Hall–Kier alpha value is -2.09. The van der Waals surface area contributed by atoms with Crippen molar-refractivity contribution in [2.75, 3.05) is 0 Å². The number of pyridine rings is 1. The van der Waals surface area contributed by atoms with Gasteiger partial charge >= 0.3 is 0 Å². The molecule has 2 heterocycles. The highest BCUT2D eigenvalue weighted by atomic mass is 14.7. The molecule has 2 aromatic heterocycles. The van der Waals surface area contributed by atoms with Gasteiger partial charge in [-0.25, -0.2) is 0 Å². The lowest BCUT2D eigenvalue weighted by Gasteiger charge is -2.00. The lowest BCUT2D eigenvalue weighted by atomic mass is 10.1. The molecule has 0 aliphatic heterocycles. The molecule has 3 aromatic rings. The van der Waals surface area contributed by atoms with Crippen LogP contribution in [0.25, 0.3) is 22.2 Å². The Morgan fingerprint density at radius 1 is 1.00 bits per heavy atom. The number of hydrogen-bond donors (Lipinski definition) is 1. The van der Waals surface area contributed by atoms with Crippen LogP contribution in [0.3, 0.4) is 0 Å². The molecule has 3 rings (SSSR count). The van der Waals surface area contributed by atoms with Crippen LogP contribution in [0.1, 0.15) is 0 Å². The first-order valence-electron chi connectivity index (χ1n) is 4.92. The summed E-state index contributed by atoms with van der Waals surface area (Å²) in [5.74, 6) is 0. The van der Waals surface area contributed by atoms with E-state index in [2.05, 4.69) is 34.2 Å². The maximum Gasteiger partial charge on any atom is 0.0702 e. The summed E-state index contributed by atoms with van der Waals surface area (Å²) >= 11 is 0. The number of aromatic amines is 1. The van der Waals surface area contributed by atoms with Crippen LogP contribution in [0.15, 0.2) is 54.9 Å². The summed E-state index contributed by atoms with van der Waals surface area (Å²) < 4.78 is 0. The summed E-state index contributed by atoms with van der Waals surface area (Å²) in [6.07, 6.45) is 3.75. The zero-order valence-corrected chi connectivity index (χ0v) is 8.14. The normalized spacial score (nSPS) is 10.7. The first kappa shape index (κ1) is 8.24. The second-order valence-electron chi connectivity index (χ2n) is 3.49. The molecule has 15 heavy (non-hydrogen) atoms. The Labute approximate surface area is 87.6 Å². The first-order chi connectivity index (χ1) is 7.43. The van der Waals surface area contributed by atoms with Crippen molar-refractivity contribution in [1.82, 2.24) is 9.97 Å². The van der Waals surface area contributed by atoms with Gasteiger partial charge in [-0.3, -0.25) is 4.98 Å². The zero-order chi connectivity index (χ0) is 10.1. The first-order valence-corrected chi connectivity index (χ1v) is 4.92. The number of hydrogen-bond acceptors (Lipinski definition) is 1. The van der Waals surface area contributed by atoms with Gasteiger partial charge in [0.1, 0.15) is 0 Å². The average Bonchev–Trinajstić information content (AvgIpc) is 2.82. The summed E-state index contributed by atoms with van der Waals surface area (Å²) in [6.45, 7) is 0. The molecule has 0 fully saturated rings. The van der Waals surface area contributed by atoms with E-state index in [0.29, 0.717) is 0 Å². The van der Waals surface area contributed by atoms with Crippen LogP contribution < -0.4 is 0 Å². The SMILES string of the molecule is c1c[nH]c(-c2ccc3ncccc3c2)c1. The van der Waals surface area contributed by atoms with Crippen LogP contribution in [0.2, 0.25) is 0 Å². The maximum absolute atomic E-state index is 4.29. The van der Waals surface area contributed by atoms with Crippen LogP contribution in [0.4, 0.5) is 0 Å². The van der Waals surface area contributed by atoms with E-state index in [-0.39, 0.29) is 0 Å². The number of fused-ring (bicyclic) bond motifs is 1. The molecule has 0 atom stereocenters. The fraction of sp³-hybridized carbons (Fsp3) is 0. The molecule has 0 aliphatic rings. The summed E-state index contributed by atoms with van der Waals surface area (Å²) in [4.78, 5) is 7.49. The predicted molar refractivity (Wildman–Crippen MR) is 61.5 cm³/mol. The van der Waals surface area contributed by atoms with Crippen molar-refractivity contribution in [3.63, 3.8) is 0 Å². The maximum atomic E-state index is 4.29. The van der Waals surface area contributed by atoms with Crippen LogP contribution in [-0.2, 0) is 0 Å². The third-order valence-electron chi connectivity index (χ3n) is 2.51. The topological polar surface area (TPSA) is 28.7 Å². The van der Waals surface area contributed by atoms with Gasteiger partial charge in [0.05, 0.1) is 5.52 Å². The number of aromatic nitrogens is 2. The summed E-state index contributed by atoms with van der Waals surface area (Å²) in [7, 11) is 0. The number of H-pyrrole nitrogens is 1. The lowest BCUT2D eigenvalue weighted by Crippen LogP contribution is -1.80. The summed E-state index contributed by atoms with van der Waals surface area (Å²) in [6, 6.07) is 14.4. The molecule has 0 spiro atoms.